The fourth-order valence-electron chi connectivity index (χ4n) is 4.13. The van der Waals surface area contributed by atoms with Crippen molar-refractivity contribution in [1.29, 1.82) is 0 Å². The first kappa shape index (κ1) is 20.8. The molecule has 0 saturated heterocycles. The van der Waals surface area contributed by atoms with Gasteiger partial charge in [0.05, 0.1) is 49.1 Å². The van der Waals surface area contributed by atoms with Crippen molar-refractivity contribution in [2.75, 3.05) is 0 Å². The van der Waals surface area contributed by atoms with E-state index in [1.807, 2.05) is 27.3 Å². The van der Waals surface area contributed by atoms with Crippen molar-refractivity contribution < 1.29 is 9.90 Å². The van der Waals surface area contributed by atoms with Gasteiger partial charge in [0.1, 0.15) is 5.65 Å². The van der Waals surface area contributed by atoms with Gasteiger partial charge >= 0.3 is 0 Å². The van der Waals surface area contributed by atoms with Gasteiger partial charge in [-0.2, -0.15) is 0 Å². The molecule has 0 unspecified atom stereocenters. The largest absolute Gasteiger partial charge is 0.392 e. The first-order valence-corrected chi connectivity index (χ1v) is 11.4. The highest BCUT2D eigenvalue weighted by Gasteiger charge is 2.25. The molecule has 0 radical (unpaired) electrons. The Hall–Kier alpha value is -3.76. The number of rotatable bonds is 7. The van der Waals surface area contributed by atoms with Crippen molar-refractivity contribution in [3.8, 4) is 0 Å². The second-order valence-corrected chi connectivity index (χ2v) is 8.94. The van der Waals surface area contributed by atoms with Gasteiger partial charge in [-0.15, -0.1) is 5.10 Å². The zero-order valence-electron chi connectivity index (χ0n) is 18.1. The summed E-state index contributed by atoms with van der Waals surface area (Å²) in [6.07, 6.45) is 11.5. The lowest BCUT2D eigenvalue weighted by atomic mass is 10.1. The average molecular weight is 477 g/mol. The van der Waals surface area contributed by atoms with E-state index in [0.717, 1.165) is 22.4 Å². The monoisotopic (exact) mass is 476 g/mol. The number of carbonyl (C=O) groups is 1. The van der Waals surface area contributed by atoms with Crippen LogP contribution in [0.3, 0.4) is 0 Å². The SMILES string of the molecule is O=C(NCc1ncn2ccc(Cl)cc12)c1cn(Cc2cn3cc(C4CC4)cc(CO)c3n2)nn1. The van der Waals surface area contributed by atoms with Crippen LogP contribution in [0.15, 0.2) is 49.3 Å². The number of aliphatic hydroxyl groups is 1. The molecule has 5 heterocycles. The number of imidazole rings is 2. The number of fused-ring (bicyclic) bond motifs is 2. The van der Waals surface area contributed by atoms with E-state index in [1.54, 1.807) is 29.3 Å². The third-order valence-corrected chi connectivity index (χ3v) is 6.25. The molecule has 11 heteroatoms. The molecule has 1 aliphatic rings. The Kier molecular flexibility index (Phi) is 5.04. The van der Waals surface area contributed by atoms with Crippen LogP contribution in [0, 0.1) is 0 Å². The van der Waals surface area contributed by atoms with Crippen molar-refractivity contribution in [2.24, 2.45) is 0 Å². The maximum absolute atomic E-state index is 12.6. The summed E-state index contributed by atoms with van der Waals surface area (Å²) in [5.41, 5.74) is 5.27. The molecule has 1 amide bonds. The minimum atomic E-state index is -0.346. The maximum atomic E-state index is 12.6. The zero-order valence-corrected chi connectivity index (χ0v) is 18.9. The van der Waals surface area contributed by atoms with Crippen LogP contribution in [-0.4, -0.2) is 44.8 Å². The van der Waals surface area contributed by atoms with Gasteiger partial charge in [0.25, 0.3) is 5.91 Å². The van der Waals surface area contributed by atoms with Crippen LogP contribution < -0.4 is 5.32 Å². The van der Waals surface area contributed by atoms with E-state index >= 15 is 0 Å². The lowest BCUT2D eigenvalue weighted by Crippen LogP contribution is -2.23. The van der Waals surface area contributed by atoms with E-state index in [1.165, 1.54) is 18.4 Å². The summed E-state index contributed by atoms with van der Waals surface area (Å²) in [7, 11) is 0. The molecule has 0 atom stereocenters. The molecule has 5 aromatic heterocycles. The van der Waals surface area contributed by atoms with Gasteiger partial charge in [-0.05, 0) is 42.5 Å². The number of halogens is 1. The number of aliphatic hydroxyl groups excluding tert-OH is 1. The van der Waals surface area contributed by atoms with Crippen LogP contribution in [0.2, 0.25) is 5.02 Å². The van der Waals surface area contributed by atoms with Crippen molar-refractivity contribution in [2.45, 2.75) is 38.5 Å². The minimum absolute atomic E-state index is 0.0631. The summed E-state index contributed by atoms with van der Waals surface area (Å²) in [5, 5.41) is 21.3. The summed E-state index contributed by atoms with van der Waals surface area (Å²) in [6.45, 7) is 0.532. The molecule has 2 N–H and O–H groups in total. The Balaban J connectivity index is 1.16. The molecule has 0 aliphatic heterocycles. The van der Waals surface area contributed by atoms with Crippen molar-refractivity contribution in [1.82, 2.24) is 39.1 Å². The number of amides is 1. The molecule has 34 heavy (non-hydrogen) atoms. The van der Waals surface area contributed by atoms with Gasteiger partial charge in [0.2, 0.25) is 0 Å². The Morgan fingerprint density at radius 2 is 2.09 bits per heavy atom. The standard InChI is InChI=1S/C23H21ClN8O2/c24-17-3-4-30-13-26-19(21(30)6-17)7-25-23(34)20-11-32(29-28-20)10-18-9-31-8-15(14-1-2-14)5-16(12-33)22(31)27-18/h3-6,8-9,11,13-14,33H,1-2,7,10,12H2,(H,25,34). The van der Waals surface area contributed by atoms with Crippen molar-refractivity contribution in [3.63, 3.8) is 0 Å². The second kappa shape index (κ2) is 8.23. The number of pyridine rings is 2. The third kappa shape index (κ3) is 3.91. The van der Waals surface area contributed by atoms with Gasteiger partial charge in [0.15, 0.2) is 5.69 Å². The lowest BCUT2D eigenvalue weighted by Gasteiger charge is -2.04. The molecule has 5 aromatic rings. The van der Waals surface area contributed by atoms with Crippen molar-refractivity contribution >= 4 is 28.7 Å². The Bertz CT molecular complexity index is 1530. The Morgan fingerprint density at radius 3 is 2.91 bits per heavy atom. The van der Waals surface area contributed by atoms with Crippen molar-refractivity contribution in [3.05, 3.63) is 82.5 Å². The molecular formula is C23H21ClN8O2. The van der Waals surface area contributed by atoms with Crippen LogP contribution in [0.5, 0.6) is 0 Å². The molecule has 0 aromatic carbocycles. The fourth-order valence-corrected chi connectivity index (χ4v) is 4.29. The smallest absolute Gasteiger partial charge is 0.273 e. The molecule has 0 bridgehead atoms. The quantitative estimate of drug-likeness (QED) is 0.373. The number of carbonyl (C=O) groups excluding carboxylic acids is 1. The molecule has 1 fully saturated rings. The van der Waals surface area contributed by atoms with Crippen LogP contribution in [0.1, 0.15) is 51.8 Å². The summed E-state index contributed by atoms with van der Waals surface area (Å²) in [4.78, 5) is 21.6. The second-order valence-electron chi connectivity index (χ2n) is 8.51. The van der Waals surface area contributed by atoms with Gasteiger partial charge in [-0.1, -0.05) is 16.8 Å². The summed E-state index contributed by atoms with van der Waals surface area (Å²) in [6, 6.07) is 5.62. The molecule has 6 rings (SSSR count). The van der Waals surface area contributed by atoms with E-state index in [0.29, 0.717) is 23.2 Å². The van der Waals surface area contributed by atoms with E-state index in [-0.39, 0.29) is 24.8 Å². The number of hydrogen-bond donors (Lipinski definition) is 2. The normalized spacial score (nSPS) is 13.7. The van der Waals surface area contributed by atoms with Gasteiger partial charge in [-0.3, -0.25) is 4.79 Å². The maximum Gasteiger partial charge on any atom is 0.273 e. The van der Waals surface area contributed by atoms with E-state index in [9.17, 15) is 9.90 Å². The topological polar surface area (TPSA) is 115 Å². The predicted octanol–water partition coefficient (Wildman–Crippen LogP) is 2.57. The van der Waals surface area contributed by atoms with Crippen LogP contribution in [0.25, 0.3) is 11.2 Å². The molecule has 10 nitrogen and oxygen atoms in total. The highest BCUT2D eigenvalue weighted by molar-refractivity contribution is 6.30. The highest BCUT2D eigenvalue weighted by Crippen LogP contribution is 2.40. The van der Waals surface area contributed by atoms with Crippen LogP contribution in [-0.2, 0) is 19.7 Å². The Labute approximate surface area is 198 Å². The number of nitrogens with one attached hydrogen (secondary N) is 1. The predicted molar refractivity (Wildman–Crippen MR) is 124 cm³/mol. The first-order chi connectivity index (χ1) is 16.6. The Morgan fingerprint density at radius 1 is 1.21 bits per heavy atom. The summed E-state index contributed by atoms with van der Waals surface area (Å²) in [5.74, 6) is 0.232. The van der Waals surface area contributed by atoms with Crippen LogP contribution >= 0.6 is 11.6 Å². The summed E-state index contributed by atoms with van der Waals surface area (Å²) < 4.78 is 5.37. The first-order valence-electron chi connectivity index (χ1n) is 11.0. The summed E-state index contributed by atoms with van der Waals surface area (Å²) >= 11 is 6.07. The molecule has 1 aliphatic carbocycles. The average Bonchev–Trinajstić information content (AvgIpc) is 3.25. The highest BCUT2D eigenvalue weighted by atomic mass is 35.5. The third-order valence-electron chi connectivity index (χ3n) is 6.01. The van der Waals surface area contributed by atoms with E-state index in [4.69, 9.17) is 11.6 Å². The number of nitrogens with zero attached hydrogens (tertiary/aromatic N) is 7. The number of aromatic nitrogens is 7. The molecule has 1 saturated carbocycles. The van der Waals surface area contributed by atoms with E-state index in [2.05, 4.69) is 31.8 Å². The molecule has 172 valence electrons. The van der Waals surface area contributed by atoms with Gasteiger partial charge < -0.3 is 19.2 Å². The zero-order chi connectivity index (χ0) is 23.2. The van der Waals surface area contributed by atoms with Crippen LogP contribution in [0.4, 0.5) is 0 Å². The fraction of sp³-hybridized carbons (Fsp3) is 0.261. The minimum Gasteiger partial charge on any atom is -0.392 e. The van der Waals surface area contributed by atoms with Gasteiger partial charge in [0, 0.05) is 29.2 Å². The van der Waals surface area contributed by atoms with E-state index < -0.39 is 0 Å². The van der Waals surface area contributed by atoms with Gasteiger partial charge in [-0.25, -0.2) is 14.6 Å². The number of hydrogen-bond acceptors (Lipinski definition) is 6. The molecular weight excluding hydrogens is 456 g/mol. The lowest BCUT2D eigenvalue weighted by molar-refractivity contribution is 0.0945. The molecule has 0 spiro atoms.